The first-order valence-corrected chi connectivity index (χ1v) is 11.1. The molecule has 1 unspecified atom stereocenters. The highest BCUT2D eigenvalue weighted by Crippen LogP contribution is 2.26. The molecule has 0 radical (unpaired) electrons. The molecule has 1 aliphatic rings. The Kier molecular flexibility index (Phi) is 5.53. The highest BCUT2D eigenvalue weighted by molar-refractivity contribution is 7.89. The second-order valence-electron chi connectivity index (χ2n) is 7.53. The quantitative estimate of drug-likeness (QED) is 0.628. The summed E-state index contributed by atoms with van der Waals surface area (Å²) in [6.45, 7) is 0.834. The van der Waals surface area contributed by atoms with E-state index in [4.69, 9.17) is 0 Å². The fourth-order valence-corrected chi connectivity index (χ4v) is 5.29. The van der Waals surface area contributed by atoms with Gasteiger partial charge >= 0.3 is 0 Å². The summed E-state index contributed by atoms with van der Waals surface area (Å²) >= 11 is 0. The second-order valence-corrected chi connectivity index (χ2v) is 9.47. The highest BCUT2D eigenvalue weighted by Gasteiger charge is 2.36. The predicted octanol–water partition coefficient (Wildman–Crippen LogP) is 3.04. The Hall–Kier alpha value is -2.84. The Morgan fingerprint density at radius 3 is 2.73 bits per heavy atom. The zero-order valence-corrected chi connectivity index (χ0v) is 17.3. The van der Waals surface area contributed by atoms with Gasteiger partial charge in [-0.25, -0.2) is 12.8 Å². The van der Waals surface area contributed by atoms with Crippen molar-refractivity contribution < 1.29 is 17.6 Å². The molecule has 1 atom stereocenters. The maximum absolute atomic E-state index is 13.1. The van der Waals surface area contributed by atoms with Crippen molar-refractivity contribution in [2.75, 3.05) is 20.1 Å². The lowest BCUT2D eigenvalue weighted by atomic mass is 10.1. The fraction of sp³-hybridized carbons (Fsp3) is 0.273. The van der Waals surface area contributed by atoms with E-state index in [1.807, 2.05) is 30.3 Å². The van der Waals surface area contributed by atoms with Crippen LogP contribution in [0.5, 0.6) is 0 Å². The van der Waals surface area contributed by atoms with Crippen LogP contribution in [-0.2, 0) is 21.4 Å². The van der Waals surface area contributed by atoms with Crippen molar-refractivity contribution in [2.45, 2.75) is 17.9 Å². The normalized spacial score (nSPS) is 17.3. The van der Waals surface area contributed by atoms with E-state index in [0.717, 1.165) is 28.6 Å². The van der Waals surface area contributed by atoms with E-state index >= 15 is 0 Å². The number of benzene rings is 2. The molecule has 8 heteroatoms. The molecule has 1 fully saturated rings. The number of rotatable bonds is 5. The van der Waals surface area contributed by atoms with E-state index in [1.165, 1.54) is 16.4 Å². The Bertz CT molecular complexity index is 1180. The molecule has 1 aromatic heterocycles. The molecule has 4 rings (SSSR count). The molecule has 0 bridgehead atoms. The lowest BCUT2D eigenvalue weighted by Gasteiger charge is -2.22. The number of hydrogen-bond acceptors (Lipinski definition) is 4. The maximum atomic E-state index is 13.1. The van der Waals surface area contributed by atoms with Crippen molar-refractivity contribution in [1.82, 2.24) is 14.2 Å². The highest BCUT2D eigenvalue weighted by atomic mass is 32.2. The van der Waals surface area contributed by atoms with Crippen molar-refractivity contribution in [3.8, 4) is 0 Å². The van der Waals surface area contributed by atoms with Crippen molar-refractivity contribution >= 4 is 26.8 Å². The molecule has 0 spiro atoms. The first kappa shape index (κ1) is 20.4. The number of nitrogens with zero attached hydrogens (tertiary/aromatic N) is 3. The Balaban J connectivity index is 1.42. The van der Waals surface area contributed by atoms with Crippen LogP contribution in [0.1, 0.15) is 12.0 Å². The van der Waals surface area contributed by atoms with E-state index < -0.39 is 21.8 Å². The summed E-state index contributed by atoms with van der Waals surface area (Å²) in [5.41, 5.74) is 1.88. The topological polar surface area (TPSA) is 70.6 Å². The number of halogens is 1. The molecule has 156 valence electrons. The minimum Gasteiger partial charge on any atom is -0.341 e. The van der Waals surface area contributed by atoms with Crippen molar-refractivity contribution in [1.29, 1.82) is 0 Å². The predicted molar refractivity (Wildman–Crippen MR) is 111 cm³/mol. The van der Waals surface area contributed by atoms with Crippen LogP contribution in [-0.4, -0.2) is 48.7 Å². The molecular formula is C22H22FN3O3S. The second kappa shape index (κ2) is 8.12. The van der Waals surface area contributed by atoms with Gasteiger partial charge in [-0.05, 0) is 54.4 Å². The standard InChI is InChI=1S/C22H22FN3O3S/c1-25(14-16-4-9-21-17(13-16)3-2-11-24-21)22(27)18-10-12-26(15-18)30(28,29)20-7-5-19(23)6-8-20/h2-9,11,13,18H,10,12,14-15H2,1H3. The SMILES string of the molecule is CN(Cc1ccc2ncccc2c1)C(=O)C1CCN(S(=O)(=O)c2ccc(F)cc2)C1. The van der Waals surface area contributed by atoms with Gasteiger partial charge in [-0.1, -0.05) is 12.1 Å². The number of hydrogen-bond donors (Lipinski definition) is 0. The summed E-state index contributed by atoms with van der Waals surface area (Å²) in [4.78, 5) is 18.9. The third kappa shape index (κ3) is 4.06. The summed E-state index contributed by atoms with van der Waals surface area (Å²) in [6.07, 6.45) is 2.20. The van der Waals surface area contributed by atoms with E-state index in [1.54, 1.807) is 18.1 Å². The van der Waals surface area contributed by atoms with Gasteiger partial charge in [-0.3, -0.25) is 9.78 Å². The van der Waals surface area contributed by atoms with Crippen LogP contribution in [0.25, 0.3) is 10.9 Å². The minimum atomic E-state index is -3.74. The van der Waals surface area contributed by atoms with E-state index in [-0.39, 0.29) is 23.9 Å². The summed E-state index contributed by atoms with van der Waals surface area (Å²) in [5, 5.41) is 1.01. The monoisotopic (exact) mass is 427 g/mol. The van der Waals surface area contributed by atoms with Gasteiger partial charge in [-0.15, -0.1) is 0 Å². The Labute approximate surface area is 175 Å². The molecule has 3 aromatic rings. The maximum Gasteiger partial charge on any atom is 0.243 e. The molecule has 1 aliphatic heterocycles. The van der Waals surface area contributed by atoms with Crippen molar-refractivity contribution in [2.24, 2.45) is 5.92 Å². The number of sulfonamides is 1. The molecular weight excluding hydrogens is 405 g/mol. The smallest absolute Gasteiger partial charge is 0.243 e. The summed E-state index contributed by atoms with van der Waals surface area (Å²) < 4.78 is 40.0. The van der Waals surface area contributed by atoms with Gasteiger partial charge in [0.2, 0.25) is 15.9 Å². The third-order valence-electron chi connectivity index (χ3n) is 5.42. The van der Waals surface area contributed by atoms with Crippen LogP contribution in [0.4, 0.5) is 4.39 Å². The molecule has 1 amide bonds. The molecule has 0 N–H and O–H groups in total. The van der Waals surface area contributed by atoms with Crippen LogP contribution in [0.15, 0.2) is 65.7 Å². The third-order valence-corrected chi connectivity index (χ3v) is 7.29. The molecule has 0 saturated carbocycles. The van der Waals surface area contributed by atoms with E-state index in [9.17, 15) is 17.6 Å². The number of aromatic nitrogens is 1. The zero-order chi connectivity index (χ0) is 21.3. The lowest BCUT2D eigenvalue weighted by molar-refractivity contribution is -0.134. The van der Waals surface area contributed by atoms with Gasteiger partial charge in [0.05, 0.1) is 16.3 Å². The number of carbonyl (C=O) groups is 1. The van der Waals surface area contributed by atoms with Gasteiger partial charge in [-0.2, -0.15) is 4.31 Å². The first-order valence-electron chi connectivity index (χ1n) is 9.69. The molecule has 6 nitrogen and oxygen atoms in total. The Morgan fingerprint density at radius 2 is 1.97 bits per heavy atom. The fourth-order valence-electron chi connectivity index (χ4n) is 3.79. The number of fused-ring (bicyclic) bond motifs is 1. The van der Waals surface area contributed by atoms with Gasteiger partial charge in [0.15, 0.2) is 0 Å². The van der Waals surface area contributed by atoms with Crippen LogP contribution in [0, 0.1) is 11.7 Å². The molecule has 2 aromatic carbocycles. The van der Waals surface area contributed by atoms with Crippen molar-refractivity contribution in [3.63, 3.8) is 0 Å². The van der Waals surface area contributed by atoms with E-state index in [2.05, 4.69) is 4.98 Å². The Morgan fingerprint density at radius 1 is 1.20 bits per heavy atom. The molecule has 1 saturated heterocycles. The van der Waals surface area contributed by atoms with E-state index in [0.29, 0.717) is 13.0 Å². The number of carbonyl (C=O) groups excluding carboxylic acids is 1. The van der Waals surface area contributed by atoms with Gasteiger partial charge in [0.25, 0.3) is 0 Å². The molecule has 0 aliphatic carbocycles. The van der Waals surface area contributed by atoms with Crippen LogP contribution >= 0.6 is 0 Å². The van der Waals surface area contributed by atoms with Gasteiger partial charge < -0.3 is 4.90 Å². The first-order chi connectivity index (χ1) is 14.3. The minimum absolute atomic E-state index is 0.0372. The molecule has 30 heavy (non-hydrogen) atoms. The average molecular weight is 428 g/mol. The van der Waals surface area contributed by atoms with Crippen LogP contribution < -0.4 is 0 Å². The lowest BCUT2D eigenvalue weighted by Crippen LogP contribution is -2.35. The van der Waals surface area contributed by atoms with Crippen LogP contribution in [0.3, 0.4) is 0 Å². The summed E-state index contributed by atoms with van der Waals surface area (Å²) in [6, 6.07) is 14.5. The van der Waals surface area contributed by atoms with Crippen LogP contribution in [0.2, 0.25) is 0 Å². The number of amides is 1. The van der Waals surface area contributed by atoms with Gasteiger partial charge in [0, 0.05) is 38.3 Å². The average Bonchev–Trinajstić information content (AvgIpc) is 3.24. The number of pyridine rings is 1. The van der Waals surface area contributed by atoms with Gasteiger partial charge in [0.1, 0.15) is 5.82 Å². The summed E-state index contributed by atoms with van der Waals surface area (Å²) in [5.74, 6) is -0.972. The zero-order valence-electron chi connectivity index (χ0n) is 16.5. The summed E-state index contributed by atoms with van der Waals surface area (Å²) in [7, 11) is -2.01. The van der Waals surface area contributed by atoms with Crippen molar-refractivity contribution in [3.05, 3.63) is 72.2 Å². The largest absolute Gasteiger partial charge is 0.341 e. The molecule has 2 heterocycles.